The first-order valence-corrected chi connectivity index (χ1v) is 11.3. The van der Waals surface area contributed by atoms with Crippen molar-refractivity contribution in [2.24, 2.45) is 17.8 Å². The number of carbonyl (C=O) groups is 2. The van der Waals surface area contributed by atoms with Crippen LogP contribution in [0.25, 0.3) is 0 Å². The topological polar surface area (TPSA) is 57.6 Å². The van der Waals surface area contributed by atoms with Crippen molar-refractivity contribution in [1.29, 1.82) is 0 Å². The summed E-state index contributed by atoms with van der Waals surface area (Å²) in [5.41, 5.74) is 0.979. The van der Waals surface area contributed by atoms with Crippen LogP contribution in [0.15, 0.2) is 30.3 Å². The van der Waals surface area contributed by atoms with Crippen LogP contribution in [-0.2, 0) is 16.0 Å². The molecule has 23 heavy (non-hydrogen) atoms. The summed E-state index contributed by atoms with van der Waals surface area (Å²) in [4.78, 5) is 26.0. The van der Waals surface area contributed by atoms with Crippen molar-refractivity contribution in [3.8, 4) is 0 Å². The second-order valence-electron chi connectivity index (χ2n) is 6.57. The molecule has 1 N–H and O–H groups in total. The number of benzene rings is 1. The quantitative estimate of drug-likeness (QED) is 0.478. The van der Waals surface area contributed by atoms with Crippen LogP contribution < -0.4 is 21.2 Å². The Balaban J connectivity index is 1.59. The number of carboxylic acid groups (broad SMARTS) is 1. The Kier molecular flexibility index (Phi) is 5.56. The minimum absolute atomic E-state index is 0.0286. The number of hydrogen-bond donors (Lipinski definition) is 1. The first-order chi connectivity index (χ1) is 11.1. The van der Waals surface area contributed by atoms with Gasteiger partial charge < -0.3 is 0 Å². The molecule has 5 heteroatoms. The molecule has 3 rings (SSSR count). The van der Waals surface area contributed by atoms with Crippen molar-refractivity contribution in [2.75, 3.05) is 21.9 Å². The molecule has 0 aliphatic carbocycles. The molecule has 2 saturated heterocycles. The number of carboxylic acids is 1. The summed E-state index contributed by atoms with van der Waals surface area (Å²) in [6.45, 7) is 1.71. The van der Waals surface area contributed by atoms with Crippen LogP contribution in [0.1, 0.15) is 18.4 Å². The number of halogens is 1. The zero-order valence-corrected chi connectivity index (χ0v) is 15.3. The third-order valence-electron chi connectivity index (χ3n) is 4.95. The van der Waals surface area contributed by atoms with Crippen LogP contribution in [0, 0.1) is 17.8 Å². The fourth-order valence-electron chi connectivity index (χ4n) is 3.56. The molecule has 2 heterocycles. The van der Waals surface area contributed by atoms with Gasteiger partial charge in [-0.25, -0.2) is 0 Å². The number of rotatable bonds is 5. The maximum absolute atomic E-state index is 12.6. The summed E-state index contributed by atoms with van der Waals surface area (Å²) >= 11 is 0.348. The van der Waals surface area contributed by atoms with E-state index in [1.54, 1.807) is 0 Å². The molecule has 2 fully saturated rings. The van der Waals surface area contributed by atoms with Crippen molar-refractivity contribution in [1.82, 2.24) is 4.90 Å². The van der Waals surface area contributed by atoms with Crippen molar-refractivity contribution < 1.29 is 35.9 Å². The molecule has 0 bridgehead atoms. The van der Waals surface area contributed by atoms with E-state index >= 15 is 0 Å². The molecule has 1 aromatic carbocycles. The van der Waals surface area contributed by atoms with Crippen LogP contribution in [0.2, 0.25) is 0 Å². The van der Waals surface area contributed by atoms with E-state index in [9.17, 15) is 14.7 Å². The van der Waals surface area contributed by atoms with Gasteiger partial charge in [0.25, 0.3) is 0 Å². The Morgan fingerprint density at radius 1 is 1.22 bits per heavy atom. The van der Waals surface area contributed by atoms with Crippen LogP contribution in [0.3, 0.4) is 0 Å². The van der Waals surface area contributed by atoms with Gasteiger partial charge in [-0.1, -0.05) is 0 Å². The van der Waals surface area contributed by atoms with Crippen LogP contribution in [0.4, 0.5) is 0 Å². The van der Waals surface area contributed by atoms with Gasteiger partial charge in [-0.3, -0.25) is 0 Å². The van der Waals surface area contributed by atoms with Gasteiger partial charge in [-0.05, 0) is 0 Å². The number of hydrogen-bond acceptors (Lipinski definition) is 2. The predicted molar refractivity (Wildman–Crippen MR) is 83.8 cm³/mol. The predicted octanol–water partition coefficient (Wildman–Crippen LogP) is -1.11. The molecule has 2 aliphatic heterocycles. The summed E-state index contributed by atoms with van der Waals surface area (Å²) in [6, 6.07) is 9.58. The van der Waals surface area contributed by atoms with Gasteiger partial charge in [-0.15, -0.1) is 0 Å². The molecule has 0 aromatic heterocycles. The van der Waals surface area contributed by atoms with Crippen molar-refractivity contribution >= 4 is 11.9 Å². The molecular weight excluding hydrogens is 405 g/mol. The molecule has 1 amide bonds. The Hall–Kier alpha value is -1.11. The van der Waals surface area contributed by atoms with E-state index in [4.69, 9.17) is 0 Å². The number of carbonyl (C=O) groups excluding carboxylic acids is 1. The summed E-state index contributed by atoms with van der Waals surface area (Å²) in [7, 11) is 0. The Morgan fingerprint density at radius 2 is 1.96 bits per heavy atom. The second-order valence-corrected chi connectivity index (χ2v) is 9.61. The van der Waals surface area contributed by atoms with Gasteiger partial charge in [0.15, 0.2) is 0 Å². The van der Waals surface area contributed by atoms with Gasteiger partial charge in [0.05, 0.1) is 0 Å². The fourth-order valence-corrected chi connectivity index (χ4v) is 7.04. The average Bonchev–Trinajstić information content (AvgIpc) is 2.99. The number of aliphatic carboxylic acids is 1. The van der Waals surface area contributed by atoms with E-state index in [0.717, 1.165) is 18.7 Å². The molecule has 2 aliphatic rings. The second kappa shape index (κ2) is 7.64. The summed E-state index contributed by atoms with van der Waals surface area (Å²) in [5.74, 6) is -0.103. The molecule has 0 saturated carbocycles. The molecule has 1 aromatic rings. The number of amides is 1. The van der Waals surface area contributed by atoms with E-state index in [1.165, 1.54) is 15.3 Å². The molecule has 4 nitrogen and oxygen atoms in total. The van der Waals surface area contributed by atoms with Crippen LogP contribution in [0.5, 0.6) is 0 Å². The molecule has 3 atom stereocenters. The summed E-state index contributed by atoms with van der Waals surface area (Å²) < 4.78 is 2.72. The van der Waals surface area contributed by atoms with E-state index in [0.29, 0.717) is 39.5 Å². The monoisotopic (exact) mass is 428 g/mol. The third-order valence-corrected chi connectivity index (χ3v) is 8.08. The maximum atomic E-state index is 12.6. The van der Waals surface area contributed by atoms with Gasteiger partial charge in [-0.2, -0.15) is 0 Å². The Bertz CT molecular complexity index is 549. The normalized spacial score (nSPS) is 25.3. The molecular formula is C18H23INO3-. The zero-order valence-electron chi connectivity index (χ0n) is 13.2. The fraction of sp³-hybridized carbons (Fsp3) is 0.556. The molecule has 126 valence electrons. The van der Waals surface area contributed by atoms with Crippen molar-refractivity contribution in [2.45, 2.75) is 19.3 Å². The van der Waals surface area contributed by atoms with Crippen molar-refractivity contribution in [3.63, 3.8) is 0 Å². The molecule has 0 unspecified atom stereocenters. The third kappa shape index (κ3) is 4.25. The van der Waals surface area contributed by atoms with E-state index in [1.807, 2.05) is 35.2 Å². The van der Waals surface area contributed by atoms with Crippen LogP contribution in [-0.4, -0.2) is 43.8 Å². The number of fused-ring (bicyclic) bond motifs is 1. The first kappa shape index (κ1) is 16.7. The van der Waals surface area contributed by atoms with Crippen LogP contribution >= 0.6 is 0 Å². The molecule has 0 spiro atoms. The summed E-state index contributed by atoms with van der Waals surface area (Å²) in [5, 5.41) is 9.47. The van der Waals surface area contributed by atoms with Crippen molar-refractivity contribution in [3.05, 3.63) is 35.9 Å². The van der Waals surface area contributed by atoms with Gasteiger partial charge >= 0.3 is 148 Å². The number of alkyl halides is 2. The van der Waals surface area contributed by atoms with Gasteiger partial charge in [0.1, 0.15) is 0 Å². The standard InChI is InChI=1S/C18H23INO3/c21-17(20-11-14-6-7-19-10-16(14)12-20)9-15(18(22)23)8-13-4-2-1-3-5-13/h1-5,14-16H,6-12H2,(H,22,23)/q-1/t14-,15-,16+/m0/s1. The SMILES string of the molecule is O=C(O)[C@H](CC(=O)N1C[C@H]2C[I-]CC[C@H]2C1)Cc1ccccc1. The average molecular weight is 428 g/mol. The first-order valence-electron chi connectivity index (χ1n) is 8.21. The number of likely N-dealkylation sites (tertiary alicyclic amines) is 1. The van der Waals surface area contributed by atoms with Gasteiger partial charge in [0.2, 0.25) is 0 Å². The number of nitrogens with zero attached hydrogens (tertiary/aromatic N) is 1. The Morgan fingerprint density at radius 3 is 2.65 bits per heavy atom. The summed E-state index contributed by atoms with van der Waals surface area (Å²) in [6.07, 6.45) is 1.82. The molecule has 0 radical (unpaired) electrons. The van der Waals surface area contributed by atoms with E-state index < -0.39 is 11.9 Å². The van der Waals surface area contributed by atoms with E-state index in [2.05, 4.69) is 0 Å². The van der Waals surface area contributed by atoms with E-state index in [-0.39, 0.29) is 12.3 Å². The Labute approximate surface area is 147 Å². The minimum atomic E-state index is -0.871. The van der Waals surface area contributed by atoms with Gasteiger partial charge in [0, 0.05) is 0 Å². The zero-order chi connectivity index (χ0) is 16.2.